The van der Waals surface area contributed by atoms with Crippen molar-refractivity contribution in [2.75, 3.05) is 39.8 Å². The number of nitrogens with two attached hydrogens (primary N) is 1. The minimum absolute atomic E-state index is 0.725. The van der Waals surface area contributed by atoms with Crippen LogP contribution in [0.2, 0.25) is 0 Å². The van der Waals surface area contributed by atoms with Crippen molar-refractivity contribution in [3.63, 3.8) is 0 Å². The third-order valence-corrected chi connectivity index (χ3v) is 3.97. The van der Waals surface area contributed by atoms with Crippen molar-refractivity contribution >= 4 is 0 Å². The fraction of sp³-hybridized carbons (Fsp3) is 1.00. The maximum absolute atomic E-state index is 5.07. The zero-order valence-corrected chi connectivity index (χ0v) is 12.0. The van der Waals surface area contributed by atoms with Crippen molar-refractivity contribution in [1.82, 2.24) is 9.80 Å². The average Bonchev–Trinajstić information content (AvgIpc) is 2.43. The Morgan fingerprint density at radius 3 is 2.44 bits per heavy atom. The van der Waals surface area contributed by atoms with E-state index in [2.05, 4.69) is 34.1 Å². The number of nitrogens with zero attached hydrogens (tertiary/aromatic N) is 4. The highest BCUT2D eigenvalue weighted by atomic mass is 15.3. The largest absolute Gasteiger partial charge is 0.305 e. The van der Waals surface area contributed by atoms with Gasteiger partial charge < -0.3 is 10.7 Å². The van der Waals surface area contributed by atoms with Crippen molar-refractivity contribution in [2.45, 2.75) is 45.1 Å². The molecule has 5 heteroatoms. The fourth-order valence-corrected chi connectivity index (χ4v) is 2.61. The van der Waals surface area contributed by atoms with Crippen LogP contribution in [0.15, 0.2) is 10.3 Å². The molecule has 0 aromatic carbocycles. The zero-order chi connectivity index (χ0) is 13.2. The van der Waals surface area contributed by atoms with E-state index in [9.17, 15) is 0 Å². The smallest absolute Gasteiger partial charge is 0.0747 e. The summed E-state index contributed by atoms with van der Waals surface area (Å²) in [6.07, 6.45) is 6.85. The number of rotatable bonds is 8. The third-order valence-electron chi connectivity index (χ3n) is 3.97. The second kappa shape index (κ2) is 9.28. The first-order valence-electron chi connectivity index (χ1n) is 7.27. The van der Waals surface area contributed by atoms with Gasteiger partial charge in [-0.1, -0.05) is 31.4 Å². The normalized spacial score (nSPS) is 18.2. The standard InChI is InChI=1S/C13H29N5/c1-3-17(2)11-12-18(10-9-15-16-14)13-7-5-4-6-8-13/h13H,3-12H2,1-2H3,(H2,14,15). The molecule has 2 N–H and O–H groups in total. The van der Waals surface area contributed by atoms with Crippen LogP contribution >= 0.6 is 0 Å². The molecule has 5 nitrogen and oxygen atoms in total. The van der Waals surface area contributed by atoms with Gasteiger partial charge in [-0.3, -0.25) is 4.90 Å². The molecule has 0 unspecified atom stereocenters. The maximum Gasteiger partial charge on any atom is 0.0747 e. The molecule has 0 heterocycles. The number of hydrogen-bond donors (Lipinski definition) is 1. The quantitative estimate of drug-likeness (QED) is 0.409. The van der Waals surface area contributed by atoms with Crippen LogP contribution in [0.4, 0.5) is 0 Å². The molecule has 0 aromatic rings. The van der Waals surface area contributed by atoms with Gasteiger partial charge in [0.2, 0.25) is 0 Å². The summed E-state index contributed by atoms with van der Waals surface area (Å²) in [7, 11) is 2.18. The van der Waals surface area contributed by atoms with Crippen molar-refractivity contribution < 1.29 is 0 Å². The topological polar surface area (TPSA) is 57.2 Å². The van der Waals surface area contributed by atoms with E-state index in [1.807, 2.05) is 0 Å². The Morgan fingerprint density at radius 2 is 1.83 bits per heavy atom. The first-order valence-corrected chi connectivity index (χ1v) is 7.27. The average molecular weight is 255 g/mol. The summed E-state index contributed by atoms with van der Waals surface area (Å²) >= 11 is 0. The third kappa shape index (κ3) is 5.78. The van der Waals surface area contributed by atoms with E-state index in [0.717, 1.165) is 38.8 Å². The Balaban J connectivity index is 2.39. The van der Waals surface area contributed by atoms with Gasteiger partial charge in [0, 0.05) is 25.7 Å². The van der Waals surface area contributed by atoms with E-state index in [4.69, 9.17) is 5.84 Å². The molecule has 1 saturated carbocycles. The summed E-state index contributed by atoms with van der Waals surface area (Å²) < 4.78 is 0. The van der Waals surface area contributed by atoms with Gasteiger partial charge in [-0.25, -0.2) is 0 Å². The fourth-order valence-electron chi connectivity index (χ4n) is 2.61. The van der Waals surface area contributed by atoms with Gasteiger partial charge in [0.15, 0.2) is 0 Å². The van der Waals surface area contributed by atoms with E-state index in [1.54, 1.807) is 0 Å². The lowest BCUT2D eigenvalue weighted by atomic mass is 9.94. The predicted octanol–water partition coefficient (Wildman–Crippen LogP) is 1.90. The van der Waals surface area contributed by atoms with Crippen molar-refractivity contribution in [3.8, 4) is 0 Å². The minimum atomic E-state index is 0.725. The molecule has 0 radical (unpaired) electrons. The van der Waals surface area contributed by atoms with Gasteiger partial charge in [0.25, 0.3) is 0 Å². The molecular weight excluding hydrogens is 226 g/mol. The molecule has 0 bridgehead atoms. The van der Waals surface area contributed by atoms with E-state index < -0.39 is 0 Å². The summed E-state index contributed by atoms with van der Waals surface area (Å²) in [5.74, 6) is 5.07. The zero-order valence-electron chi connectivity index (χ0n) is 12.0. The van der Waals surface area contributed by atoms with Crippen LogP contribution in [0.25, 0.3) is 0 Å². The molecule has 1 rings (SSSR count). The van der Waals surface area contributed by atoms with E-state index in [0.29, 0.717) is 0 Å². The van der Waals surface area contributed by atoms with Crippen LogP contribution in [0.1, 0.15) is 39.0 Å². The molecule has 0 spiro atoms. The highest BCUT2D eigenvalue weighted by Gasteiger charge is 2.20. The molecule has 0 atom stereocenters. The van der Waals surface area contributed by atoms with Gasteiger partial charge in [-0.15, -0.1) is 0 Å². The molecular formula is C13H29N5. The first-order chi connectivity index (χ1) is 8.77. The van der Waals surface area contributed by atoms with Crippen molar-refractivity contribution in [2.24, 2.45) is 16.2 Å². The molecule has 1 aliphatic carbocycles. The van der Waals surface area contributed by atoms with Crippen LogP contribution in [-0.2, 0) is 0 Å². The maximum atomic E-state index is 5.07. The summed E-state index contributed by atoms with van der Waals surface area (Å²) in [5.41, 5.74) is 0. The summed E-state index contributed by atoms with van der Waals surface area (Å²) in [4.78, 5) is 4.94. The molecule has 18 heavy (non-hydrogen) atoms. The summed E-state index contributed by atoms with van der Waals surface area (Å²) in [6, 6.07) is 0.747. The van der Waals surface area contributed by atoms with Gasteiger partial charge in [0.05, 0.1) is 6.54 Å². The second-order valence-electron chi connectivity index (χ2n) is 5.20. The summed E-state index contributed by atoms with van der Waals surface area (Å²) in [6.45, 7) is 7.29. The Morgan fingerprint density at radius 1 is 1.11 bits per heavy atom. The van der Waals surface area contributed by atoms with Gasteiger partial charge >= 0.3 is 0 Å². The lowest BCUT2D eigenvalue weighted by Crippen LogP contribution is -2.42. The van der Waals surface area contributed by atoms with E-state index in [-0.39, 0.29) is 0 Å². The number of hydrogen-bond acceptors (Lipinski definition) is 4. The Bertz CT molecular complexity index is 225. The van der Waals surface area contributed by atoms with Crippen molar-refractivity contribution in [1.29, 1.82) is 0 Å². The molecule has 0 aromatic heterocycles. The molecule has 0 aliphatic heterocycles. The molecule has 1 aliphatic rings. The Labute approximate surface area is 111 Å². The predicted molar refractivity (Wildman–Crippen MR) is 75.5 cm³/mol. The van der Waals surface area contributed by atoms with Gasteiger partial charge in [0.1, 0.15) is 0 Å². The molecule has 0 saturated heterocycles. The SMILES string of the molecule is CCN(C)CCN(CCN=NN)C1CCCCC1. The van der Waals surface area contributed by atoms with E-state index in [1.165, 1.54) is 32.1 Å². The molecule has 1 fully saturated rings. The first kappa shape index (κ1) is 15.4. The highest BCUT2D eigenvalue weighted by Crippen LogP contribution is 2.22. The van der Waals surface area contributed by atoms with Crippen LogP contribution in [0.5, 0.6) is 0 Å². The van der Waals surface area contributed by atoms with Gasteiger partial charge in [-0.05, 0) is 26.4 Å². The Kier molecular flexibility index (Phi) is 7.93. The van der Waals surface area contributed by atoms with Crippen LogP contribution in [0.3, 0.4) is 0 Å². The van der Waals surface area contributed by atoms with Crippen molar-refractivity contribution in [3.05, 3.63) is 0 Å². The second-order valence-corrected chi connectivity index (χ2v) is 5.20. The Hall–Kier alpha value is -0.680. The molecule has 0 amide bonds. The molecule has 106 valence electrons. The lowest BCUT2D eigenvalue weighted by molar-refractivity contribution is 0.143. The number of likely N-dealkylation sites (N-methyl/N-ethyl adjacent to an activating group) is 1. The minimum Gasteiger partial charge on any atom is -0.305 e. The summed E-state index contributed by atoms with van der Waals surface area (Å²) in [5, 5.41) is 7.25. The lowest BCUT2D eigenvalue weighted by Gasteiger charge is -2.34. The van der Waals surface area contributed by atoms with Gasteiger partial charge in [-0.2, -0.15) is 5.11 Å². The highest BCUT2D eigenvalue weighted by molar-refractivity contribution is 4.77. The van der Waals surface area contributed by atoms with Crippen LogP contribution < -0.4 is 5.84 Å². The van der Waals surface area contributed by atoms with Crippen LogP contribution in [0, 0.1) is 0 Å². The van der Waals surface area contributed by atoms with Crippen LogP contribution in [-0.4, -0.2) is 55.6 Å². The monoisotopic (exact) mass is 255 g/mol. The van der Waals surface area contributed by atoms with E-state index >= 15 is 0 Å².